The molecule has 172 valence electrons. The SMILES string of the molecule is Cc1ccc(C)c2c1=CC1=c3ccccc3=C3c4ccccc4C=C4c5ccccc5C=2[C@@]1(C)[C@]43C. The topological polar surface area (TPSA) is 0 Å². The molecule has 8 rings (SSSR count). The van der Waals surface area contributed by atoms with Crippen molar-refractivity contribution >= 4 is 34.4 Å². The molecule has 0 saturated carbocycles. The number of hydrogen-bond donors (Lipinski definition) is 0. The lowest BCUT2D eigenvalue weighted by Crippen LogP contribution is -2.58. The molecule has 0 aromatic heterocycles. The van der Waals surface area contributed by atoms with Crippen LogP contribution in [-0.4, -0.2) is 0 Å². The molecule has 0 N–H and O–H groups in total. The molecule has 4 aliphatic carbocycles. The van der Waals surface area contributed by atoms with Crippen molar-refractivity contribution in [3.8, 4) is 0 Å². The van der Waals surface area contributed by atoms with E-state index >= 15 is 0 Å². The molecule has 0 heterocycles. The summed E-state index contributed by atoms with van der Waals surface area (Å²) < 4.78 is 0. The van der Waals surface area contributed by atoms with Crippen molar-refractivity contribution in [2.75, 3.05) is 0 Å². The van der Waals surface area contributed by atoms with E-state index in [0.29, 0.717) is 0 Å². The summed E-state index contributed by atoms with van der Waals surface area (Å²) in [5, 5.41) is 5.59. The first-order valence-electron chi connectivity index (χ1n) is 13.0. The molecule has 0 nitrogen and oxygen atoms in total. The Morgan fingerprint density at radius 3 is 1.97 bits per heavy atom. The van der Waals surface area contributed by atoms with Crippen LogP contribution in [0.2, 0.25) is 0 Å². The zero-order valence-electron chi connectivity index (χ0n) is 21.2. The number of hydrogen-bond acceptors (Lipinski definition) is 0. The van der Waals surface area contributed by atoms with Crippen LogP contribution in [0, 0.1) is 24.7 Å². The molecule has 0 heteroatoms. The molecule has 4 aliphatic rings. The van der Waals surface area contributed by atoms with E-state index in [9.17, 15) is 0 Å². The van der Waals surface area contributed by atoms with Crippen LogP contribution in [0.1, 0.15) is 47.2 Å². The highest BCUT2D eigenvalue weighted by Gasteiger charge is 2.60. The molecule has 4 aromatic carbocycles. The van der Waals surface area contributed by atoms with Gasteiger partial charge in [-0.2, -0.15) is 0 Å². The van der Waals surface area contributed by atoms with E-state index in [1.54, 1.807) is 0 Å². The Balaban J connectivity index is 1.78. The predicted octanol–water partition coefficient (Wildman–Crippen LogP) is 5.24. The third-order valence-electron chi connectivity index (χ3n) is 9.79. The van der Waals surface area contributed by atoms with Crippen molar-refractivity contribution in [2.45, 2.75) is 27.7 Å². The predicted molar refractivity (Wildman–Crippen MR) is 151 cm³/mol. The van der Waals surface area contributed by atoms with Crippen molar-refractivity contribution in [3.05, 3.63) is 139 Å². The van der Waals surface area contributed by atoms with E-state index in [0.717, 1.165) is 0 Å². The van der Waals surface area contributed by atoms with Crippen LogP contribution >= 0.6 is 0 Å². The van der Waals surface area contributed by atoms with Gasteiger partial charge in [-0.1, -0.05) is 98.8 Å². The fourth-order valence-electron chi connectivity index (χ4n) is 8.00. The molecule has 0 unspecified atom stereocenters. The molecule has 4 aromatic rings. The number of allylic oxidation sites excluding steroid dienone is 1. The van der Waals surface area contributed by atoms with E-state index in [1.807, 2.05) is 0 Å². The van der Waals surface area contributed by atoms with Crippen molar-refractivity contribution < 1.29 is 0 Å². The number of fused-ring (bicyclic) bond motifs is 7. The summed E-state index contributed by atoms with van der Waals surface area (Å²) in [5.74, 6) is 0. The number of benzene rings is 4. The Morgan fingerprint density at radius 1 is 0.528 bits per heavy atom. The van der Waals surface area contributed by atoms with E-state index in [2.05, 4.69) is 125 Å². The van der Waals surface area contributed by atoms with Gasteiger partial charge in [0, 0.05) is 10.8 Å². The molecule has 0 fully saturated rings. The summed E-state index contributed by atoms with van der Waals surface area (Å²) in [7, 11) is 0. The van der Waals surface area contributed by atoms with Crippen molar-refractivity contribution in [2.24, 2.45) is 10.8 Å². The summed E-state index contributed by atoms with van der Waals surface area (Å²) >= 11 is 0. The number of aryl methyl sites for hydroxylation is 2. The lowest BCUT2D eigenvalue weighted by atomic mass is 9.42. The minimum absolute atomic E-state index is 0.195. The maximum Gasteiger partial charge on any atom is 0.0328 e. The summed E-state index contributed by atoms with van der Waals surface area (Å²) in [6, 6.07) is 31.9. The fraction of sp³-hybridized carbons (Fsp3) is 0.167. The standard InChI is InChI=1S/C36H28/c1-21-17-18-22(2)32-29(21)20-31-25-13-7-9-15-27(25)33-24-12-6-5-11-23(24)19-30-26-14-8-10-16-28(26)34(32)36(31,4)35(30,33)3/h5-20H,1-4H3/t35-,36+/m1/s1. The average Bonchev–Trinajstić information content (AvgIpc) is 2.89. The molecule has 0 bridgehead atoms. The largest absolute Gasteiger partial charge is 0.0616 e. The van der Waals surface area contributed by atoms with Crippen LogP contribution in [-0.2, 0) is 0 Å². The van der Waals surface area contributed by atoms with Crippen molar-refractivity contribution in [1.29, 1.82) is 0 Å². The fourth-order valence-corrected chi connectivity index (χ4v) is 8.00. The maximum absolute atomic E-state index is 2.54. The molecule has 36 heavy (non-hydrogen) atoms. The summed E-state index contributed by atoms with van der Waals surface area (Å²) in [5.41, 5.74) is 13.7. The Morgan fingerprint density at radius 2 is 1.17 bits per heavy atom. The van der Waals surface area contributed by atoms with Gasteiger partial charge in [0.25, 0.3) is 0 Å². The summed E-state index contributed by atoms with van der Waals surface area (Å²) in [6.45, 7) is 9.62. The summed E-state index contributed by atoms with van der Waals surface area (Å²) in [4.78, 5) is 0. The van der Waals surface area contributed by atoms with E-state index in [4.69, 9.17) is 0 Å². The maximum atomic E-state index is 2.54. The minimum Gasteiger partial charge on any atom is -0.0616 e. The highest BCUT2D eigenvalue weighted by molar-refractivity contribution is 6.13. The van der Waals surface area contributed by atoms with Gasteiger partial charge in [-0.25, -0.2) is 0 Å². The highest BCUT2D eigenvalue weighted by atomic mass is 14.6. The average molecular weight is 461 g/mol. The Kier molecular flexibility index (Phi) is 3.64. The second kappa shape index (κ2) is 6.45. The van der Waals surface area contributed by atoms with Gasteiger partial charge in [0.15, 0.2) is 0 Å². The third kappa shape index (κ3) is 2.07. The van der Waals surface area contributed by atoms with Gasteiger partial charge in [-0.15, -0.1) is 0 Å². The van der Waals surface area contributed by atoms with Gasteiger partial charge in [0.2, 0.25) is 0 Å². The van der Waals surface area contributed by atoms with E-state index in [-0.39, 0.29) is 10.8 Å². The van der Waals surface area contributed by atoms with Crippen LogP contribution in [0.25, 0.3) is 34.4 Å². The molecule has 2 atom stereocenters. The molecular weight excluding hydrogens is 432 g/mol. The Bertz CT molecular complexity index is 1980. The van der Waals surface area contributed by atoms with E-state index in [1.165, 1.54) is 76.5 Å². The van der Waals surface area contributed by atoms with Gasteiger partial charge >= 0.3 is 0 Å². The normalized spacial score (nSPS) is 24.0. The molecule has 0 radical (unpaired) electrons. The first-order valence-corrected chi connectivity index (χ1v) is 13.0. The second-order valence-corrected chi connectivity index (χ2v) is 11.3. The molecule has 0 amide bonds. The number of rotatable bonds is 0. The Hall–Kier alpha value is -3.90. The highest BCUT2D eigenvalue weighted by Crippen LogP contribution is 2.70. The third-order valence-corrected chi connectivity index (χ3v) is 9.79. The smallest absolute Gasteiger partial charge is 0.0328 e. The Labute approximate surface area is 212 Å². The first-order chi connectivity index (χ1) is 17.5. The lowest BCUT2D eigenvalue weighted by Gasteiger charge is -2.59. The van der Waals surface area contributed by atoms with Gasteiger partial charge in [0.1, 0.15) is 0 Å². The monoisotopic (exact) mass is 460 g/mol. The van der Waals surface area contributed by atoms with Crippen molar-refractivity contribution in [3.63, 3.8) is 0 Å². The van der Waals surface area contributed by atoms with Crippen LogP contribution < -0.4 is 20.9 Å². The zero-order valence-corrected chi connectivity index (χ0v) is 21.2. The van der Waals surface area contributed by atoms with Gasteiger partial charge in [0.05, 0.1) is 0 Å². The van der Waals surface area contributed by atoms with E-state index < -0.39 is 0 Å². The van der Waals surface area contributed by atoms with Gasteiger partial charge in [-0.05, 0) is 103 Å². The second-order valence-electron chi connectivity index (χ2n) is 11.3. The first kappa shape index (κ1) is 20.3. The molecule has 0 saturated heterocycles. The van der Waals surface area contributed by atoms with Crippen molar-refractivity contribution in [1.82, 2.24) is 0 Å². The molecule has 0 spiro atoms. The van der Waals surface area contributed by atoms with Crippen LogP contribution in [0.15, 0.2) is 84.9 Å². The van der Waals surface area contributed by atoms with Gasteiger partial charge in [-0.3, -0.25) is 0 Å². The zero-order chi connectivity index (χ0) is 24.4. The van der Waals surface area contributed by atoms with Crippen LogP contribution in [0.3, 0.4) is 0 Å². The lowest BCUT2D eigenvalue weighted by molar-refractivity contribution is 0.360. The molecular formula is C36H28. The minimum atomic E-state index is -0.198. The van der Waals surface area contributed by atoms with Crippen LogP contribution in [0.4, 0.5) is 0 Å². The molecule has 0 aliphatic heterocycles. The summed E-state index contributed by atoms with van der Waals surface area (Å²) in [6.07, 6.45) is 5.03. The quantitative estimate of drug-likeness (QED) is 0.337. The van der Waals surface area contributed by atoms with Gasteiger partial charge < -0.3 is 0 Å². The van der Waals surface area contributed by atoms with Crippen LogP contribution in [0.5, 0.6) is 0 Å².